The summed E-state index contributed by atoms with van der Waals surface area (Å²) in [5.74, 6) is 0.700. The van der Waals surface area contributed by atoms with Gasteiger partial charge in [0.25, 0.3) is 0 Å². The fraction of sp³-hybridized carbons (Fsp3) is 0.632. The zero-order valence-electron chi connectivity index (χ0n) is 16.3. The molecule has 1 aromatic rings. The number of rotatable bonds is 8. The average molecular weight is 397 g/mol. The summed E-state index contributed by atoms with van der Waals surface area (Å²) in [5, 5.41) is 6.47. The highest BCUT2D eigenvalue weighted by Gasteiger charge is 2.12. The lowest BCUT2D eigenvalue weighted by Gasteiger charge is -2.17. The molecule has 0 spiro atoms. The molecule has 152 valence electrons. The highest BCUT2D eigenvalue weighted by Crippen LogP contribution is 2.19. The Kier molecular flexibility index (Phi) is 9.03. The fourth-order valence-corrected chi connectivity index (χ4v) is 3.84. The SMILES string of the molecule is CN=C(NCCOC1CCCCCC1)NCc1ccc(S(=O)(=O)NC)cc1. The van der Waals surface area contributed by atoms with Crippen molar-refractivity contribution in [2.24, 2.45) is 4.99 Å². The molecule has 1 aliphatic carbocycles. The van der Waals surface area contributed by atoms with Crippen LogP contribution in [0.5, 0.6) is 0 Å². The highest BCUT2D eigenvalue weighted by molar-refractivity contribution is 7.89. The standard InChI is InChI=1S/C19H32N4O3S/c1-20-19(22-13-14-26-17-7-5-3-4-6-8-17)23-15-16-9-11-18(12-10-16)27(24,25)21-2/h9-12,17,21H,3-8,13-15H2,1-2H3,(H2,20,22,23). The van der Waals surface area contributed by atoms with E-state index in [9.17, 15) is 8.42 Å². The van der Waals surface area contributed by atoms with Gasteiger partial charge in [-0.25, -0.2) is 13.1 Å². The van der Waals surface area contributed by atoms with Crippen LogP contribution in [0.25, 0.3) is 0 Å². The van der Waals surface area contributed by atoms with Crippen molar-refractivity contribution in [2.75, 3.05) is 27.2 Å². The topological polar surface area (TPSA) is 91.8 Å². The van der Waals surface area contributed by atoms with Gasteiger partial charge in [-0.05, 0) is 37.6 Å². The second-order valence-corrected chi connectivity index (χ2v) is 8.57. The number of aliphatic imine (C=N–C) groups is 1. The van der Waals surface area contributed by atoms with Gasteiger partial charge in [0.1, 0.15) is 0 Å². The first-order valence-electron chi connectivity index (χ1n) is 9.64. The van der Waals surface area contributed by atoms with Gasteiger partial charge in [0.2, 0.25) is 10.0 Å². The van der Waals surface area contributed by atoms with Crippen LogP contribution in [-0.4, -0.2) is 47.7 Å². The molecule has 8 heteroatoms. The summed E-state index contributed by atoms with van der Waals surface area (Å²) in [6.07, 6.45) is 7.95. The molecule has 0 atom stereocenters. The number of hydrogen-bond acceptors (Lipinski definition) is 4. The number of nitrogens with zero attached hydrogens (tertiary/aromatic N) is 1. The van der Waals surface area contributed by atoms with E-state index in [-0.39, 0.29) is 4.90 Å². The molecule has 0 saturated heterocycles. The predicted octanol–water partition coefficient (Wildman–Crippen LogP) is 2.00. The van der Waals surface area contributed by atoms with Crippen LogP contribution in [0.3, 0.4) is 0 Å². The lowest BCUT2D eigenvalue weighted by molar-refractivity contribution is 0.0468. The summed E-state index contributed by atoms with van der Waals surface area (Å²) in [6, 6.07) is 6.78. The number of guanidine groups is 1. The minimum Gasteiger partial charge on any atom is -0.376 e. The molecule has 0 heterocycles. The Labute approximate surface area is 163 Å². The maximum Gasteiger partial charge on any atom is 0.240 e. The first kappa shape index (κ1) is 21.7. The third kappa shape index (κ3) is 7.48. The van der Waals surface area contributed by atoms with Crippen LogP contribution >= 0.6 is 0 Å². The number of nitrogens with one attached hydrogen (secondary N) is 3. The molecule has 0 radical (unpaired) electrons. The molecule has 1 aromatic carbocycles. The third-order valence-electron chi connectivity index (χ3n) is 4.74. The molecule has 0 amide bonds. The number of hydrogen-bond donors (Lipinski definition) is 3. The van der Waals surface area contributed by atoms with Gasteiger partial charge in [-0.2, -0.15) is 0 Å². The number of ether oxygens (including phenoxy) is 1. The number of sulfonamides is 1. The van der Waals surface area contributed by atoms with Crippen LogP contribution < -0.4 is 15.4 Å². The molecule has 0 aromatic heterocycles. The largest absolute Gasteiger partial charge is 0.376 e. The molecular formula is C19H32N4O3S. The van der Waals surface area contributed by atoms with Crippen molar-refractivity contribution in [3.63, 3.8) is 0 Å². The van der Waals surface area contributed by atoms with E-state index in [0.29, 0.717) is 31.8 Å². The van der Waals surface area contributed by atoms with Crippen molar-refractivity contribution < 1.29 is 13.2 Å². The van der Waals surface area contributed by atoms with E-state index in [1.807, 2.05) is 0 Å². The van der Waals surface area contributed by atoms with Crippen LogP contribution in [0.15, 0.2) is 34.2 Å². The maximum absolute atomic E-state index is 11.7. The zero-order chi connectivity index (χ0) is 19.5. The molecule has 1 aliphatic rings. The quantitative estimate of drug-likeness (QED) is 0.271. The molecule has 27 heavy (non-hydrogen) atoms. The molecule has 3 N–H and O–H groups in total. The first-order valence-corrected chi connectivity index (χ1v) is 11.1. The van der Waals surface area contributed by atoms with Crippen LogP contribution in [0, 0.1) is 0 Å². The maximum atomic E-state index is 11.7. The van der Waals surface area contributed by atoms with Gasteiger partial charge in [0.05, 0.1) is 17.6 Å². The fourth-order valence-electron chi connectivity index (χ4n) is 3.11. The lowest BCUT2D eigenvalue weighted by Crippen LogP contribution is -2.38. The minimum absolute atomic E-state index is 0.256. The van der Waals surface area contributed by atoms with Crippen molar-refractivity contribution in [2.45, 2.75) is 56.1 Å². The normalized spacial score (nSPS) is 16.7. The molecule has 1 fully saturated rings. The van der Waals surface area contributed by atoms with E-state index >= 15 is 0 Å². The molecule has 0 bridgehead atoms. The summed E-state index contributed by atoms with van der Waals surface area (Å²) in [6.45, 7) is 1.93. The zero-order valence-corrected chi connectivity index (χ0v) is 17.1. The van der Waals surface area contributed by atoms with E-state index in [1.54, 1.807) is 31.3 Å². The van der Waals surface area contributed by atoms with Gasteiger partial charge in [-0.1, -0.05) is 37.8 Å². The van der Waals surface area contributed by atoms with Gasteiger partial charge >= 0.3 is 0 Å². The summed E-state index contributed by atoms with van der Waals surface area (Å²) < 4.78 is 31.7. The summed E-state index contributed by atoms with van der Waals surface area (Å²) in [7, 11) is -0.269. The van der Waals surface area contributed by atoms with Crippen molar-refractivity contribution in [1.29, 1.82) is 0 Å². The van der Waals surface area contributed by atoms with Gasteiger partial charge in [-0.15, -0.1) is 0 Å². The van der Waals surface area contributed by atoms with E-state index in [1.165, 1.54) is 45.6 Å². The van der Waals surface area contributed by atoms with Gasteiger partial charge in [-0.3, -0.25) is 4.99 Å². The Hall–Kier alpha value is -1.64. The smallest absolute Gasteiger partial charge is 0.240 e. The van der Waals surface area contributed by atoms with E-state index in [2.05, 4.69) is 20.3 Å². The van der Waals surface area contributed by atoms with Gasteiger partial charge in [0, 0.05) is 20.1 Å². The molecule has 0 unspecified atom stereocenters. The Bertz CT molecular complexity index is 681. The minimum atomic E-state index is -3.40. The second kappa shape index (κ2) is 11.3. The highest BCUT2D eigenvalue weighted by atomic mass is 32.2. The van der Waals surface area contributed by atoms with Gasteiger partial charge in [0.15, 0.2) is 5.96 Å². The number of benzene rings is 1. The second-order valence-electron chi connectivity index (χ2n) is 6.69. The van der Waals surface area contributed by atoms with E-state index in [4.69, 9.17) is 4.74 Å². The van der Waals surface area contributed by atoms with Crippen LogP contribution in [0.4, 0.5) is 0 Å². The molecule has 1 saturated carbocycles. The Balaban J connectivity index is 1.70. The van der Waals surface area contributed by atoms with Crippen LogP contribution in [-0.2, 0) is 21.3 Å². The predicted molar refractivity (Wildman–Crippen MR) is 108 cm³/mol. The Morgan fingerprint density at radius 1 is 1.11 bits per heavy atom. The molecule has 0 aliphatic heterocycles. The Morgan fingerprint density at radius 3 is 2.37 bits per heavy atom. The Morgan fingerprint density at radius 2 is 1.78 bits per heavy atom. The van der Waals surface area contributed by atoms with E-state index in [0.717, 1.165) is 5.56 Å². The summed E-state index contributed by atoms with van der Waals surface area (Å²) in [4.78, 5) is 4.46. The lowest BCUT2D eigenvalue weighted by atomic mass is 10.1. The van der Waals surface area contributed by atoms with Crippen LogP contribution in [0.2, 0.25) is 0 Å². The first-order chi connectivity index (χ1) is 13.0. The van der Waals surface area contributed by atoms with E-state index < -0.39 is 10.0 Å². The molecule has 7 nitrogen and oxygen atoms in total. The monoisotopic (exact) mass is 396 g/mol. The van der Waals surface area contributed by atoms with Crippen LogP contribution in [0.1, 0.15) is 44.1 Å². The van der Waals surface area contributed by atoms with Crippen molar-refractivity contribution >= 4 is 16.0 Å². The van der Waals surface area contributed by atoms with Crippen molar-refractivity contribution in [1.82, 2.24) is 15.4 Å². The summed E-state index contributed by atoms with van der Waals surface area (Å²) >= 11 is 0. The summed E-state index contributed by atoms with van der Waals surface area (Å²) in [5.41, 5.74) is 0.975. The van der Waals surface area contributed by atoms with Gasteiger partial charge < -0.3 is 15.4 Å². The van der Waals surface area contributed by atoms with Crippen molar-refractivity contribution in [3.8, 4) is 0 Å². The average Bonchev–Trinajstić information content (AvgIpc) is 2.96. The molecule has 2 rings (SSSR count). The molecular weight excluding hydrogens is 364 g/mol. The third-order valence-corrected chi connectivity index (χ3v) is 6.17. The van der Waals surface area contributed by atoms with Crippen molar-refractivity contribution in [3.05, 3.63) is 29.8 Å².